The number of piperidine rings is 1. The van der Waals surface area contributed by atoms with Crippen LogP contribution < -0.4 is 5.32 Å². The van der Waals surface area contributed by atoms with Gasteiger partial charge < -0.3 is 19.7 Å². The maximum Gasteiger partial charge on any atom is 0.287 e. The summed E-state index contributed by atoms with van der Waals surface area (Å²) in [7, 11) is 0. The number of aliphatic hydroxyl groups is 1. The van der Waals surface area contributed by atoms with Crippen molar-refractivity contribution in [1.82, 2.24) is 10.2 Å². The number of hydrogen-bond acceptors (Lipinski definition) is 4. The van der Waals surface area contributed by atoms with Gasteiger partial charge >= 0.3 is 0 Å². The average Bonchev–Trinajstić information content (AvgIpc) is 2.99. The van der Waals surface area contributed by atoms with Crippen molar-refractivity contribution in [2.24, 2.45) is 11.8 Å². The van der Waals surface area contributed by atoms with Crippen LogP contribution in [0.15, 0.2) is 16.7 Å². The van der Waals surface area contributed by atoms with Gasteiger partial charge in [-0.05, 0) is 44.1 Å². The van der Waals surface area contributed by atoms with E-state index in [1.807, 2.05) is 13.8 Å². The minimum atomic E-state index is -0.548. The summed E-state index contributed by atoms with van der Waals surface area (Å²) in [6, 6.07) is 1.18. The minimum Gasteiger partial charge on any atom is -0.459 e. The molecule has 0 aromatic carbocycles. The molecule has 0 aliphatic carbocycles. The molecular weight excluding hydrogens is 308 g/mol. The molecule has 1 fully saturated rings. The zero-order valence-electron chi connectivity index (χ0n) is 14.7. The molecule has 0 spiro atoms. The van der Waals surface area contributed by atoms with E-state index in [0.717, 1.165) is 18.4 Å². The SMILES string of the molecule is Cc1ccoc1C(=O)N[C@H](CC(C)C)C(=O)N1CCC(CO)CC1. The summed E-state index contributed by atoms with van der Waals surface area (Å²) in [5.74, 6) is 0.430. The third kappa shape index (κ3) is 4.60. The highest BCUT2D eigenvalue weighted by atomic mass is 16.3. The summed E-state index contributed by atoms with van der Waals surface area (Å²) in [4.78, 5) is 27.0. The second-order valence-electron chi connectivity index (χ2n) is 7.04. The van der Waals surface area contributed by atoms with Gasteiger partial charge in [0, 0.05) is 25.3 Å². The summed E-state index contributed by atoms with van der Waals surface area (Å²) < 4.78 is 5.22. The molecule has 2 rings (SSSR count). The smallest absolute Gasteiger partial charge is 0.287 e. The Bertz CT molecular complexity index is 559. The maximum absolute atomic E-state index is 12.8. The summed E-state index contributed by atoms with van der Waals surface area (Å²) >= 11 is 0. The van der Waals surface area contributed by atoms with Crippen LogP contribution >= 0.6 is 0 Å². The normalized spacial score (nSPS) is 17.1. The van der Waals surface area contributed by atoms with Crippen LogP contribution in [0.1, 0.15) is 49.2 Å². The molecule has 134 valence electrons. The lowest BCUT2D eigenvalue weighted by molar-refractivity contribution is -0.135. The van der Waals surface area contributed by atoms with Gasteiger partial charge in [-0.1, -0.05) is 13.8 Å². The molecule has 1 aromatic rings. The highest BCUT2D eigenvalue weighted by Crippen LogP contribution is 2.19. The van der Waals surface area contributed by atoms with Crippen LogP contribution in [0.2, 0.25) is 0 Å². The Morgan fingerprint density at radius 1 is 1.38 bits per heavy atom. The fourth-order valence-electron chi connectivity index (χ4n) is 3.08. The number of aliphatic hydroxyl groups excluding tert-OH is 1. The van der Waals surface area contributed by atoms with Crippen LogP contribution in [0.5, 0.6) is 0 Å². The molecule has 1 aliphatic rings. The molecule has 0 radical (unpaired) electrons. The van der Waals surface area contributed by atoms with Gasteiger partial charge in [-0.25, -0.2) is 0 Å². The van der Waals surface area contributed by atoms with Crippen LogP contribution in [0, 0.1) is 18.8 Å². The third-order valence-electron chi connectivity index (χ3n) is 4.56. The van der Waals surface area contributed by atoms with Gasteiger partial charge in [0.05, 0.1) is 6.26 Å². The zero-order valence-corrected chi connectivity index (χ0v) is 14.7. The first kappa shape index (κ1) is 18.5. The van der Waals surface area contributed by atoms with E-state index in [1.54, 1.807) is 17.9 Å². The molecule has 1 saturated heterocycles. The topological polar surface area (TPSA) is 82.8 Å². The van der Waals surface area contributed by atoms with Gasteiger partial charge in [0.1, 0.15) is 6.04 Å². The molecule has 1 atom stereocenters. The van der Waals surface area contributed by atoms with E-state index in [9.17, 15) is 14.7 Å². The second kappa shape index (κ2) is 8.33. The van der Waals surface area contributed by atoms with Crippen LogP contribution in [0.4, 0.5) is 0 Å². The summed E-state index contributed by atoms with van der Waals surface area (Å²) in [6.45, 7) is 7.30. The molecule has 0 unspecified atom stereocenters. The van der Waals surface area contributed by atoms with Gasteiger partial charge in [0.15, 0.2) is 5.76 Å². The van der Waals surface area contributed by atoms with Crippen molar-refractivity contribution < 1.29 is 19.1 Å². The molecule has 6 heteroatoms. The molecule has 1 aromatic heterocycles. The van der Waals surface area contributed by atoms with Crippen LogP contribution in [0.3, 0.4) is 0 Å². The molecule has 2 heterocycles. The van der Waals surface area contributed by atoms with Crippen molar-refractivity contribution in [2.45, 2.75) is 46.1 Å². The molecule has 2 N–H and O–H groups in total. The molecule has 6 nitrogen and oxygen atoms in total. The number of furan rings is 1. The second-order valence-corrected chi connectivity index (χ2v) is 7.04. The van der Waals surface area contributed by atoms with Gasteiger partial charge in [0.25, 0.3) is 5.91 Å². The molecular formula is C18H28N2O4. The van der Waals surface area contributed by atoms with E-state index < -0.39 is 6.04 Å². The van der Waals surface area contributed by atoms with Crippen LogP contribution in [-0.2, 0) is 4.79 Å². The van der Waals surface area contributed by atoms with Crippen LogP contribution in [0.25, 0.3) is 0 Å². The number of carbonyl (C=O) groups excluding carboxylic acids is 2. The summed E-state index contributed by atoms with van der Waals surface area (Å²) in [5.41, 5.74) is 0.756. The lowest BCUT2D eigenvalue weighted by atomic mass is 9.96. The first-order chi connectivity index (χ1) is 11.4. The van der Waals surface area contributed by atoms with Crippen molar-refractivity contribution in [3.05, 3.63) is 23.7 Å². The fourth-order valence-corrected chi connectivity index (χ4v) is 3.08. The van der Waals surface area contributed by atoms with E-state index in [0.29, 0.717) is 19.5 Å². The van der Waals surface area contributed by atoms with Crippen molar-refractivity contribution in [2.75, 3.05) is 19.7 Å². The van der Waals surface area contributed by atoms with Gasteiger partial charge in [-0.2, -0.15) is 0 Å². The minimum absolute atomic E-state index is 0.0438. The molecule has 0 bridgehead atoms. The predicted octanol–water partition coefficient (Wildman–Crippen LogP) is 1.96. The van der Waals surface area contributed by atoms with E-state index >= 15 is 0 Å². The molecule has 1 aliphatic heterocycles. The van der Waals surface area contributed by atoms with E-state index in [4.69, 9.17) is 4.42 Å². The summed E-state index contributed by atoms with van der Waals surface area (Å²) in [6.07, 6.45) is 3.68. The number of carbonyl (C=O) groups is 2. The van der Waals surface area contributed by atoms with Crippen molar-refractivity contribution in [1.29, 1.82) is 0 Å². The Kier molecular flexibility index (Phi) is 6.43. The molecule has 2 amide bonds. The number of nitrogens with one attached hydrogen (secondary N) is 1. The summed E-state index contributed by atoms with van der Waals surface area (Å²) in [5, 5.41) is 12.1. The zero-order chi connectivity index (χ0) is 17.7. The van der Waals surface area contributed by atoms with Crippen molar-refractivity contribution in [3.8, 4) is 0 Å². The third-order valence-corrected chi connectivity index (χ3v) is 4.56. The lowest BCUT2D eigenvalue weighted by Gasteiger charge is -2.34. The van der Waals surface area contributed by atoms with E-state index in [-0.39, 0.29) is 36.0 Å². The Morgan fingerprint density at radius 3 is 2.54 bits per heavy atom. The number of amides is 2. The highest BCUT2D eigenvalue weighted by Gasteiger charge is 2.30. The fraction of sp³-hybridized carbons (Fsp3) is 0.667. The van der Waals surface area contributed by atoms with Crippen molar-refractivity contribution in [3.63, 3.8) is 0 Å². The number of hydrogen-bond donors (Lipinski definition) is 2. The van der Waals surface area contributed by atoms with Gasteiger partial charge in [-0.15, -0.1) is 0 Å². The van der Waals surface area contributed by atoms with Gasteiger partial charge in [0.2, 0.25) is 5.91 Å². The Morgan fingerprint density at radius 2 is 2.04 bits per heavy atom. The van der Waals surface area contributed by atoms with Crippen LogP contribution in [-0.4, -0.2) is 47.6 Å². The monoisotopic (exact) mass is 336 g/mol. The first-order valence-corrected chi connectivity index (χ1v) is 8.67. The Balaban J connectivity index is 2.03. The molecule has 24 heavy (non-hydrogen) atoms. The maximum atomic E-state index is 12.8. The van der Waals surface area contributed by atoms with Gasteiger partial charge in [-0.3, -0.25) is 9.59 Å². The standard InChI is InChI=1S/C18H28N2O4/c1-12(2)10-15(19-17(22)16-13(3)6-9-24-16)18(23)20-7-4-14(11-21)5-8-20/h6,9,12,14-15,21H,4-5,7-8,10-11H2,1-3H3,(H,19,22)/t15-/m1/s1. The Labute approximate surface area is 143 Å². The van der Waals surface area contributed by atoms with E-state index in [2.05, 4.69) is 5.32 Å². The lowest BCUT2D eigenvalue weighted by Crippen LogP contribution is -2.51. The number of aryl methyl sites for hydroxylation is 1. The predicted molar refractivity (Wildman–Crippen MR) is 90.5 cm³/mol. The Hall–Kier alpha value is -1.82. The quantitative estimate of drug-likeness (QED) is 0.832. The molecule has 0 saturated carbocycles. The van der Waals surface area contributed by atoms with Crippen molar-refractivity contribution >= 4 is 11.8 Å². The van der Waals surface area contributed by atoms with E-state index in [1.165, 1.54) is 6.26 Å². The number of nitrogens with zero attached hydrogens (tertiary/aromatic N) is 1. The number of rotatable bonds is 6. The highest BCUT2D eigenvalue weighted by molar-refractivity contribution is 5.96. The average molecular weight is 336 g/mol. The first-order valence-electron chi connectivity index (χ1n) is 8.67. The largest absolute Gasteiger partial charge is 0.459 e. The number of likely N-dealkylation sites (tertiary alicyclic amines) is 1.